The van der Waals surface area contributed by atoms with Gasteiger partial charge in [0.15, 0.2) is 0 Å². The van der Waals surface area contributed by atoms with Crippen LogP contribution in [0.25, 0.3) is 0 Å². The molecule has 0 rings (SSSR count). The molecule has 0 aromatic carbocycles. The van der Waals surface area contributed by atoms with Crippen LogP contribution in [0, 0.1) is 0 Å². The Kier molecular flexibility index (Phi) is 29.0. The van der Waals surface area contributed by atoms with Crippen LogP contribution >= 0.6 is 11.8 Å². The van der Waals surface area contributed by atoms with Crippen molar-refractivity contribution in [2.45, 2.75) is 161 Å². The molecule has 0 saturated carbocycles. The summed E-state index contributed by atoms with van der Waals surface area (Å²) >= 11 is 2.18. The smallest absolute Gasteiger partial charge is 0.119 e. The molecule has 0 unspecified atom stereocenters. The van der Waals surface area contributed by atoms with Gasteiger partial charge in [-0.3, -0.25) is 0 Å². The van der Waals surface area contributed by atoms with Crippen molar-refractivity contribution in [3.63, 3.8) is 0 Å². The normalized spacial score (nSPS) is 11.2. The van der Waals surface area contributed by atoms with Crippen molar-refractivity contribution < 1.29 is 4.79 Å². The lowest BCUT2D eigenvalue weighted by atomic mass is 10.0. The second kappa shape index (κ2) is 29.0. The highest BCUT2D eigenvalue weighted by Gasteiger charge is 1.96. The van der Waals surface area contributed by atoms with E-state index in [1.54, 1.807) is 0 Å². The van der Waals surface area contributed by atoms with E-state index >= 15 is 0 Å². The van der Waals surface area contributed by atoms with Crippen molar-refractivity contribution in [2.75, 3.05) is 11.5 Å². The summed E-state index contributed by atoms with van der Waals surface area (Å²) in [5.74, 6) is 2.74. The van der Waals surface area contributed by atoms with E-state index < -0.39 is 0 Å². The summed E-state index contributed by atoms with van der Waals surface area (Å²) in [6, 6.07) is 0. The Labute approximate surface area is 195 Å². The van der Waals surface area contributed by atoms with Gasteiger partial charge in [0.25, 0.3) is 0 Å². The summed E-state index contributed by atoms with van der Waals surface area (Å²) in [4.78, 5) is 10.2. The lowest BCUT2D eigenvalue weighted by Gasteiger charge is -2.04. The molecule has 0 amide bonds. The van der Waals surface area contributed by atoms with Crippen molar-refractivity contribution in [2.24, 2.45) is 0 Å². The van der Waals surface area contributed by atoms with Crippen LogP contribution in [0.4, 0.5) is 0 Å². The maximum atomic E-state index is 10.2. The van der Waals surface area contributed by atoms with E-state index in [0.29, 0.717) is 0 Å². The predicted octanol–water partition coefficient (Wildman–Crippen LogP) is 10.3. The number of carbonyl (C=O) groups excluding carboxylic acids is 1. The quantitative estimate of drug-likeness (QED) is 0.0933. The molecular weight excluding hydrogens is 384 g/mol. The molecule has 0 atom stereocenters. The Morgan fingerprint density at radius 3 is 1.07 bits per heavy atom. The fourth-order valence-corrected chi connectivity index (χ4v) is 5.19. The third kappa shape index (κ3) is 28.0. The van der Waals surface area contributed by atoms with E-state index in [1.165, 1.54) is 153 Å². The van der Waals surface area contributed by atoms with Crippen molar-refractivity contribution in [1.29, 1.82) is 0 Å². The van der Waals surface area contributed by atoms with Crippen molar-refractivity contribution in [1.82, 2.24) is 0 Å². The van der Waals surface area contributed by atoms with Crippen LogP contribution in [0.1, 0.15) is 161 Å². The molecule has 0 aliphatic heterocycles. The Hall–Kier alpha value is 0.0200. The molecule has 0 radical (unpaired) electrons. The molecule has 1 nitrogen and oxygen atoms in total. The van der Waals surface area contributed by atoms with Gasteiger partial charge < -0.3 is 4.79 Å². The number of hydrogen-bond donors (Lipinski definition) is 0. The average molecular weight is 441 g/mol. The minimum atomic E-state index is 0.760. The molecule has 0 heterocycles. The zero-order valence-electron chi connectivity index (χ0n) is 20.8. The Morgan fingerprint density at radius 2 is 0.733 bits per heavy atom. The summed E-state index contributed by atoms with van der Waals surface area (Å²) in [5, 5.41) is 0. The molecule has 0 aromatic rings. The molecular formula is C28H56OS. The number of rotatable bonds is 27. The van der Waals surface area contributed by atoms with Crippen LogP contribution in [0.2, 0.25) is 0 Å². The van der Waals surface area contributed by atoms with Crippen molar-refractivity contribution in [3.05, 3.63) is 0 Å². The van der Waals surface area contributed by atoms with Crippen LogP contribution in [0.3, 0.4) is 0 Å². The van der Waals surface area contributed by atoms with E-state index in [9.17, 15) is 4.79 Å². The number of hydrogen-bond acceptors (Lipinski definition) is 2. The Morgan fingerprint density at radius 1 is 0.433 bits per heavy atom. The van der Waals surface area contributed by atoms with Gasteiger partial charge in [-0.05, 0) is 30.8 Å². The van der Waals surface area contributed by atoms with Gasteiger partial charge in [-0.2, -0.15) is 11.8 Å². The van der Waals surface area contributed by atoms with Gasteiger partial charge in [0.05, 0.1) is 0 Å². The van der Waals surface area contributed by atoms with E-state index in [-0.39, 0.29) is 0 Å². The molecule has 2 heteroatoms. The standard InChI is InChI=1S/C28H56OS/c1-2-3-4-5-6-7-8-9-10-11-12-13-15-18-21-24-27-30-28-25-22-19-16-14-17-20-23-26-29/h26H,2-25,27-28H2,1H3. The molecule has 0 saturated heterocycles. The van der Waals surface area contributed by atoms with Gasteiger partial charge in [0.1, 0.15) is 6.29 Å². The third-order valence-corrected chi connectivity index (χ3v) is 7.41. The Bertz CT molecular complexity index is 305. The highest BCUT2D eigenvalue weighted by Crippen LogP contribution is 2.15. The average Bonchev–Trinajstić information content (AvgIpc) is 2.76. The number of thioether (sulfide) groups is 1. The fraction of sp³-hybridized carbons (Fsp3) is 0.964. The monoisotopic (exact) mass is 440 g/mol. The molecule has 0 spiro atoms. The second-order valence-electron chi connectivity index (χ2n) is 9.35. The van der Waals surface area contributed by atoms with Crippen LogP contribution in [-0.2, 0) is 4.79 Å². The zero-order valence-corrected chi connectivity index (χ0v) is 21.6. The molecule has 30 heavy (non-hydrogen) atoms. The van der Waals surface area contributed by atoms with Gasteiger partial charge in [-0.15, -0.1) is 0 Å². The van der Waals surface area contributed by atoms with Crippen LogP contribution in [-0.4, -0.2) is 17.8 Å². The van der Waals surface area contributed by atoms with Crippen molar-refractivity contribution in [3.8, 4) is 0 Å². The summed E-state index contributed by atoms with van der Waals surface area (Å²) < 4.78 is 0. The van der Waals surface area contributed by atoms with Crippen LogP contribution in [0.5, 0.6) is 0 Å². The lowest BCUT2D eigenvalue weighted by Crippen LogP contribution is -1.87. The summed E-state index contributed by atoms with van der Waals surface area (Å²) in [5.41, 5.74) is 0. The van der Waals surface area contributed by atoms with Gasteiger partial charge in [-0.25, -0.2) is 0 Å². The third-order valence-electron chi connectivity index (χ3n) is 6.25. The summed E-state index contributed by atoms with van der Waals surface area (Å²) in [7, 11) is 0. The minimum absolute atomic E-state index is 0.760. The molecule has 180 valence electrons. The highest BCUT2D eigenvalue weighted by atomic mass is 32.2. The minimum Gasteiger partial charge on any atom is -0.303 e. The van der Waals surface area contributed by atoms with Gasteiger partial charge in [0, 0.05) is 6.42 Å². The molecule has 0 bridgehead atoms. The van der Waals surface area contributed by atoms with Crippen LogP contribution < -0.4 is 0 Å². The highest BCUT2D eigenvalue weighted by molar-refractivity contribution is 7.99. The number of unbranched alkanes of at least 4 members (excludes halogenated alkanes) is 22. The van der Waals surface area contributed by atoms with E-state index in [4.69, 9.17) is 0 Å². The zero-order chi connectivity index (χ0) is 21.8. The topological polar surface area (TPSA) is 17.1 Å². The molecule has 0 aliphatic carbocycles. The summed E-state index contributed by atoms with van der Waals surface area (Å²) in [6.45, 7) is 2.30. The van der Waals surface area contributed by atoms with Gasteiger partial charge >= 0.3 is 0 Å². The first-order chi connectivity index (χ1) is 14.9. The molecule has 0 fully saturated rings. The van der Waals surface area contributed by atoms with E-state index in [0.717, 1.165) is 19.1 Å². The van der Waals surface area contributed by atoms with E-state index in [2.05, 4.69) is 18.7 Å². The van der Waals surface area contributed by atoms with Gasteiger partial charge in [0.2, 0.25) is 0 Å². The first-order valence-electron chi connectivity index (χ1n) is 13.9. The predicted molar refractivity (Wildman–Crippen MR) is 140 cm³/mol. The van der Waals surface area contributed by atoms with Gasteiger partial charge in [-0.1, -0.05) is 135 Å². The van der Waals surface area contributed by atoms with E-state index in [1.807, 2.05) is 0 Å². The lowest BCUT2D eigenvalue weighted by molar-refractivity contribution is -0.107. The summed E-state index contributed by atoms with van der Waals surface area (Å²) in [6.07, 6.45) is 34.4. The maximum absolute atomic E-state index is 10.2. The fourth-order valence-electron chi connectivity index (χ4n) is 4.17. The first-order valence-corrected chi connectivity index (χ1v) is 15.1. The largest absolute Gasteiger partial charge is 0.303 e. The molecule has 0 aliphatic rings. The molecule has 0 N–H and O–H groups in total. The first kappa shape index (κ1) is 30.0. The van der Waals surface area contributed by atoms with Crippen LogP contribution in [0.15, 0.2) is 0 Å². The SMILES string of the molecule is CCCCCCCCCCCCCCCCCCSCCCCCCCCCC=O. The van der Waals surface area contributed by atoms with Crippen molar-refractivity contribution >= 4 is 18.0 Å². The number of aldehydes is 1. The number of carbonyl (C=O) groups is 1. The molecule has 0 aromatic heterocycles. The Balaban J connectivity index is 2.98. The second-order valence-corrected chi connectivity index (χ2v) is 10.6. The maximum Gasteiger partial charge on any atom is 0.119 e.